The van der Waals surface area contributed by atoms with E-state index < -0.39 is 0 Å². The van der Waals surface area contributed by atoms with Crippen LogP contribution < -0.4 is 5.32 Å². The van der Waals surface area contributed by atoms with Gasteiger partial charge in [-0.2, -0.15) is 0 Å². The molecule has 0 amide bonds. The second kappa shape index (κ2) is 5.01. The Kier molecular flexibility index (Phi) is 3.66. The van der Waals surface area contributed by atoms with Gasteiger partial charge in [0, 0.05) is 10.6 Å². The summed E-state index contributed by atoms with van der Waals surface area (Å²) in [5, 5.41) is 5.58. The van der Waals surface area contributed by atoms with E-state index in [-0.39, 0.29) is 17.4 Å². The first-order valence-electron chi connectivity index (χ1n) is 4.89. The molecule has 1 aromatic heterocycles. The molecular weight excluding hydrogens is 230 g/mol. The Morgan fingerprint density at radius 2 is 2.60 bits per heavy atom. The summed E-state index contributed by atoms with van der Waals surface area (Å²) in [6, 6.07) is 3.96. The summed E-state index contributed by atoms with van der Waals surface area (Å²) in [7, 11) is 0. The standard InChI is InChI=1S/C10H13NO2S2/c1-2-13-10(12)7-6-15-9(11-7)8-4-3-5-14-8/h3-5,7,9,11H,2,6H2,1H3. The number of hydrogen-bond acceptors (Lipinski definition) is 5. The van der Waals surface area contributed by atoms with Crippen molar-refractivity contribution in [1.29, 1.82) is 0 Å². The van der Waals surface area contributed by atoms with Gasteiger partial charge in [-0.1, -0.05) is 6.07 Å². The highest BCUT2D eigenvalue weighted by Crippen LogP contribution is 2.35. The molecule has 2 unspecified atom stereocenters. The summed E-state index contributed by atoms with van der Waals surface area (Å²) in [6.07, 6.45) is 0. The van der Waals surface area contributed by atoms with Crippen LogP contribution >= 0.6 is 23.1 Å². The van der Waals surface area contributed by atoms with Gasteiger partial charge in [0.2, 0.25) is 0 Å². The zero-order valence-corrected chi connectivity index (χ0v) is 10.1. The third-order valence-electron chi connectivity index (χ3n) is 2.15. The first-order chi connectivity index (χ1) is 7.31. The molecule has 0 bridgehead atoms. The van der Waals surface area contributed by atoms with Crippen molar-refractivity contribution < 1.29 is 9.53 Å². The number of thiophene rings is 1. The fourth-order valence-electron chi connectivity index (χ4n) is 1.46. The highest BCUT2D eigenvalue weighted by molar-refractivity contribution is 7.99. The molecule has 5 heteroatoms. The topological polar surface area (TPSA) is 38.3 Å². The lowest BCUT2D eigenvalue weighted by atomic mass is 10.3. The Bertz CT molecular complexity index is 326. The van der Waals surface area contributed by atoms with Crippen molar-refractivity contribution in [3.8, 4) is 0 Å². The summed E-state index contributed by atoms with van der Waals surface area (Å²) in [5.41, 5.74) is 0. The molecule has 2 heterocycles. The molecule has 3 nitrogen and oxygen atoms in total. The van der Waals surface area contributed by atoms with Crippen LogP contribution in [0, 0.1) is 0 Å². The number of hydrogen-bond donors (Lipinski definition) is 1. The molecule has 0 aliphatic carbocycles. The highest BCUT2D eigenvalue weighted by Gasteiger charge is 2.31. The number of carbonyl (C=O) groups excluding carboxylic acids is 1. The van der Waals surface area contributed by atoms with E-state index in [0.29, 0.717) is 6.61 Å². The van der Waals surface area contributed by atoms with Gasteiger partial charge in [0.15, 0.2) is 0 Å². The predicted octanol–water partition coefficient (Wildman–Crippen LogP) is 2.01. The SMILES string of the molecule is CCOC(=O)C1CSC(c2cccs2)N1. The second-order valence-electron chi connectivity index (χ2n) is 3.20. The average molecular weight is 243 g/mol. The first kappa shape index (κ1) is 11.0. The van der Waals surface area contributed by atoms with E-state index in [0.717, 1.165) is 5.75 Å². The normalized spacial score (nSPS) is 25.4. The van der Waals surface area contributed by atoms with Crippen LogP contribution in [0.2, 0.25) is 0 Å². The van der Waals surface area contributed by atoms with Gasteiger partial charge < -0.3 is 4.74 Å². The fourth-order valence-corrected chi connectivity index (χ4v) is 3.61. The summed E-state index contributed by atoms with van der Waals surface area (Å²) >= 11 is 3.47. The zero-order valence-electron chi connectivity index (χ0n) is 8.43. The van der Waals surface area contributed by atoms with Crippen LogP contribution in [-0.2, 0) is 9.53 Å². The number of nitrogens with one attached hydrogen (secondary N) is 1. The molecule has 0 aromatic carbocycles. The number of esters is 1. The summed E-state index contributed by atoms with van der Waals surface area (Å²) in [6.45, 7) is 2.28. The van der Waals surface area contributed by atoms with Gasteiger partial charge >= 0.3 is 5.97 Å². The molecule has 2 atom stereocenters. The Balaban J connectivity index is 1.92. The van der Waals surface area contributed by atoms with Gasteiger partial charge in [-0.05, 0) is 18.4 Å². The Morgan fingerprint density at radius 1 is 1.73 bits per heavy atom. The third kappa shape index (κ3) is 2.53. The molecule has 1 aromatic rings. The van der Waals surface area contributed by atoms with E-state index in [1.807, 2.05) is 13.0 Å². The van der Waals surface area contributed by atoms with Crippen molar-refractivity contribution in [2.75, 3.05) is 12.4 Å². The highest BCUT2D eigenvalue weighted by atomic mass is 32.2. The van der Waals surface area contributed by atoms with Crippen molar-refractivity contribution in [2.24, 2.45) is 0 Å². The molecule has 1 fully saturated rings. The molecule has 2 rings (SSSR count). The van der Waals surface area contributed by atoms with Crippen molar-refractivity contribution in [1.82, 2.24) is 5.32 Å². The van der Waals surface area contributed by atoms with Crippen LogP contribution in [0.25, 0.3) is 0 Å². The number of rotatable bonds is 3. The predicted molar refractivity (Wildman–Crippen MR) is 63.1 cm³/mol. The minimum absolute atomic E-state index is 0.135. The van der Waals surface area contributed by atoms with E-state index in [1.165, 1.54) is 4.88 Å². The van der Waals surface area contributed by atoms with Crippen LogP contribution in [-0.4, -0.2) is 24.4 Å². The van der Waals surface area contributed by atoms with Crippen LogP contribution in [0.15, 0.2) is 17.5 Å². The molecule has 1 aliphatic heterocycles. The number of carbonyl (C=O) groups is 1. The fraction of sp³-hybridized carbons (Fsp3) is 0.500. The van der Waals surface area contributed by atoms with Crippen molar-refractivity contribution in [3.05, 3.63) is 22.4 Å². The summed E-state index contributed by atoms with van der Waals surface area (Å²) in [5.74, 6) is 0.658. The molecule has 82 valence electrons. The van der Waals surface area contributed by atoms with Gasteiger partial charge in [0.05, 0.1) is 12.0 Å². The van der Waals surface area contributed by atoms with Crippen LogP contribution in [0.1, 0.15) is 17.2 Å². The summed E-state index contributed by atoms with van der Waals surface area (Å²) < 4.78 is 4.98. The van der Waals surface area contributed by atoms with E-state index in [2.05, 4.69) is 16.8 Å². The molecule has 0 saturated carbocycles. The third-order valence-corrected chi connectivity index (χ3v) is 4.49. The largest absolute Gasteiger partial charge is 0.465 e. The van der Waals surface area contributed by atoms with Crippen LogP contribution in [0.5, 0.6) is 0 Å². The first-order valence-corrected chi connectivity index (χ1v) is 6.81. The van der Waals surface area contributed by atoms with Crippen LogP contribution in [0.3, 0.4) is 0 Å². The Hall–Kier alpha value is -0.520. The van der Waals surface area contributed by atoms with E-state index in [4.69, 9.17) is 4.74 Å². The van der Waals surface area contributed by atoms with Crippen LogP contribution in [0.4, 0.5) is 0 Å². The minimum Gasteiger partial charge on any atom is -0.465 e. The van der Waals surface area contributed by atoms with Gasteiger partial charge in [0.1, 0.15) is 6.04 Å². The maximum absolute atomic E-state index is 11.5. The quantitative estimate of drug-likeness (QED) is 0.824. The molecule has 1 aliphatic rings. The molecule has 1 N–H and O–H groups in total. The minimum atomic E-state index is -0.151. The lowest BCUT2D eigenvalue weighted by Crippen LogP contribution is -2.35. The maximum Gasteiger partial charge on any atom is 0.324 e. The smallest absolute Gasteiger partial charge is 0.324 e. The van der Waals surface area contributed by atoms with Crippen molar-refractivity contribution in [3.63, 3.8) is 0 Å². The Morgan fingerprint density at radius 3 is 3.27 bits per heavy atom. The molecule has 0 spiro atoms. The molecule has 15 heavy (non-hydrogen) atoms. The number of ether oxygens (including phenoxy) is 1. The summed E-state index contributed by atoms with van der Waals surface area (Å²) in [4.78, 5) is 12.7. The van der Waals surface area contributed by atoms with Gasteiger partial charge in [-0.25, -0.2) is 0 Å². The Labute approximate surface area is 97.2 Å². The monoisotopic (exact) mass is 243 g/mol. The number of thioether (sulfide) groups is 1. The lowest BCUT2D eigenvalue weighted by Gasteiger charge is -2.10. The second-order valence-corrected chi connectivity index (χ2v) is 5.32. The average Bonchev–Trinajstić information content (AvgIpc) is 2.89. The van der Waals surface area contributed by atoms with Gasteiger partial charge in [-0.3, -0.25) is 10.1 Å². The van der Waals surface area contributed by atoms with Gasteiger partial charge in [0.25, 0.3) is 0 Å². The van der Waals surface area contributed by atoms with E-state index >= 15 is 0 Å². The van der Waals surface area contributed by atoms with Gasteiger partial charge in [-0.15, -0.1) is 23.1 Å². The van der Waals surface area contributed by atoms with E-state index in [1.54, 1.807) is 23.1 Å². The zero-order chi connectivity index (χ0) is 10.7. The molecule has 0 radical (unpaired) electrons. The maximum atomic E-state index is 11.5. The molecule has 1 saturated heterocycles. The van der Waals surface area contributed by atoms with Crippen molar-refractivity contribution >= 4 is 29.1 Å². The lowest BCUT2D eigenvalue weighted by molar-refractivity contribution is -0.144. The molecular formula is C10H13NO2S2. The van der Waals surface area contributed by atoms with E-state index in [9.17, 15) is 4.79 Å². The van der Waals surface area contributed by atoms with Crippen molar-refractivity contribution in [2.45, 2.75) is 18.3 Å².